The molecule has 1 amide bonds. The summed E-state index contributed by atoms with van der Waals surface area (Å²) in [6.45, 7) is 1.35. The van der Waals surface area contributed by atoms with E-state index >= 15 is 0 Å². The molecule has 134 valence electrons. The Labute approximate surface area is 158 Å². The Hall–Kier alpha value is -1.29. The Bertz CT molecular complexity index is 976. The van der Waals surface area contributed by atoms with Crippen LogP contribution in [-0.4, -0.2) is 14.3 Å². The minimum atomic E-state index is -4.46. The Kier molecular flexibility index (Phi) is 5.72. The molecule has 0 spiro atoms. The lowest BCUT2D eigenvalue weighted by atomic mass is 10.1. The van der Waals surface area contributed by atoms with Crippen molar-refractivity contribution in [2.24, 2.45) is 0 Å². The maximum atomic E-state index is 14.5. The van der Waals surface area contributed by atoms with Gasteiger partial charge in [0.1, 0.15) is 4.90 Å². The summed E-state index contributed by atoms with van der Waals surface area (Å²) < 4.78 is 64.0. The van der Waals surface area contributed by atoms with Crippen LogP contribution >= 0.6 is 38.2 Å². The highest BCUT2D eigenvalue weighted by Crippen LogP contribution is 2.31. The van der Waals surface area contributed by atoms with Crippen molar-refractivity contribution in [3.05, 3.63) is 56.3 Å². The average Bonchev–Trinajstić information content (AvgIpc) is 2.47. The average molecular weight is 477 g/mol. The number of hydrogen-bond donors (Lipinski definition) is 1. The fraction of sp³-hybridized carbons (Fsp3) is 0.0714. The molecule has 2 aromatic rings. The Morgan fingerprint density at radius 3 is 2.28 bits per heavy atom. The van der Waals surface area contributed by atoms with Gasteiger partial charge in [0, 0.05) is 26.9 Å². The van der Waals surface area contributed by atoms with Gasteiger partial charge in [-0.1, -0.05) is 27.5 Å². The van der Waals surface area contributed by atoms with Crippen LogP contribution in [0, 0.1) is 24.4 Å². The van der Waals surface area contributed by atoms with Gasteiger partial charge in [0.25, 0.3) is 15.0 Å². The van der Waals surface area contributed by atoms with E-state index in [2.05, 4.69) is 21.2 Å². The number of rotatable bonds is 3. The maximum absolute atomic E-state index is 14.5. The molecule has 0 heterocycles. The van der Waals surface area contributed by atoms with Crippen LogP contribution < -0.4 is 5.32 Å². The van der Waals surface area contributed by atoms with Gasteiger partial charge in [0.2, 0.25) is 0 Å². The van der Waals surface area contributed by atoms with E-state index in [0.717, 1.165) is 12.1 Å². The predicted octanol–water partition coefficient (Wildman–Crippen LogP) is 5.01. The fourth-order valence-electron chi connectivity index (χ4n) is 1.96. The highest BCUT2D eigenvalue weighted by Gasteiger charge is 2.26. The van der Waals surface area contributed by atoms with Crippen molar-refractivity contribution in [2.75, 3.05) is 5.32 Å². The van der Waals surface area contributed by atoms with E-state index in [9.17, 15) is 26.4 Å². The molecule has 4 nitrogen and oxygen atoms in total. The van der Waals surface area contributed by atoms with Crippen molar-refractivity contribution >= 4 is 58.9 Å². The number of halogens is 6. The zero-order valence-electron chi connectivity index (χ0n) is 12.1. The lowest BCUT2D eigenvalue weighted by Crippen LogP contribution is -2.17. The molecular formula is C14H7BrCl2F3NO3S. The molecule has 0 bridgehead atoms. The number of nitrogens with one attached hydrogen (secondary N) is 1. The summed E-state index contributed by atoms with van der Waals surface area (Å²) >= 11 is 8.49. The van der Waals surface area contributed by atoms with Crippen molar-refractivity contribution < 1.29 is 26.4 Å². The molecule has 0 aliphatic carbocycles. The molecule has 0 fully saturated rings. The van der Waals surface area contributed by atoms with Crippen molar-refractivity contribution in [2.45, 2.75) is 11.8 Å². The minimum absolute atomic E-state index is 0.0766. The molecule has 0 saturated heterocycles. The number of carbonyl (C=O) groups is 1. The zero-order valence-corrected chi connectivity index (χ0v) is 16.0. The van der Waals surface area contributed by atoms with Crippen LogP contribution in [0.3, 0.4) is 0 Å². The quantitative estimate of drug-likeness (QED) is 0.500. The van der Waals surface area contributed by atoms with Crippen LogP contribution in [0.5, 0.6) is 0 Å². The van der Waals surface area contributed by atoms with Gasteiger partial charge in [-0.3, -0.25) is 4.79 Å². The summed E-state index contributed by atoms with van der Waals surface area (Å²) in [6, 6.07) is 2.48. The number of amides is 1. The molecule has 0 aromatic heterocycles. The molecule has 0 radical (unpaired) electrons. The standard InChI is InChI=1S/C14H7BrCl2F3NO3S/c1-5-7(15)4-10(25(17,23)24)13(20)11(5)14(22)21-6-2-8(16)12(19)9(18)3-6/h2-4H,1H3,(H,21,22). The van der Waals surface area contributed by atoms with E-state index < -0.39 is 47.9 Å². The molecule has 1 N–H and O–H groups in total. The summed E-state index contributed by atoms with van der Waals surface area (Å²) in [6.07, 6.45) is 0. The second kappa shape index (κ2) is 7.14. The Morgan fingerprint density at radius 1 is 1.16 bits per heavy atom. The Balaban J connectivity index is 2.55. The number of carbonyl (C=O) groups excluding carboxylic acids is 1. The molecular weight excluding hydrogens is 470 g/mol. The third-order valence-electron chi connectivity index (χ3n) is 3.16. The highest BCUT2D eigenvalue weighted by molar-refractivity contribution is 9.10. The summed E-state index contributed by atoms with van der Waals surface area (Å²) in [5, 5.41) is 1.53. The predicted molar refractivity (Wildman–Crippen MR) is 91.2 cm³/mol. The molecule has 2 rings (SSSR count). The summed E-state index contributed by atoms with van der Waals surface area (Å²) in [5.41, 5.74) is -0.801. The van der Waals surface area contributed by atoms with Gasteiger partial charge >= 0.3 is 0 Å². The van der Waals surface area contributed by atoms with Gasteiger partial charge in [0.05, 0.1) is 10.6 Å². The first kappa shape index (κ1) is 20.0. The number of anilines is 1. The van der Waals surface area contributed by atoms with Crippen LogP contribution in [-0.2, 0) is 9.05 Å². The van der Waals surface area contributed by atoms with Crippen molar-refractivity contribution in [1.29, 1.82) is 0 Å². The normalized spacial score (nSPS) is 11.5. The van der Waals surface area contributed by atoms with Gasteiger partial charge in [-0.15, -0.1) is 0 Å². The van der Waals surface area contributed by atoms with E-state index in [-0.39, 0.29) is 15.7 Å². The van der Waals surface area contributed by atoms with Gasteiger partial charge in [-0.2, -0.15) is 0 Å². The lowest BCUT2D eigenvalue weighted by Gasteiger charge is -2.13. The fourth-order valence-corrected chi connectivity index (χ4v) is 3.66. The lowest BCUT2D eigenvalue weighted by molar-refractivity contribution is 0.102. The number of hydrogen-bond acceptors (Lipinski definition) is 3. The van der Waals surface area contributed by atoms with Crippen LogP contribution in [0.4, 0.5) is 18.9 Å². The molecule has 11 heteroatoms. The third-order valence-corrected chi connectivity index (χ3v) is 5.58. The first-order valence-electron chi connectivity index (χ1n) is 6.32. The van der Waals surface area contributed by atoms with E-state index in [1.807, 2.05) is 0 Å². The summed E-state index contributed by atoms with van der Waals surface area (Å²) in [7, 11) is 0.691. The third kappa shape index (κ3) is 4.11. The molecule has 0 unspecified atom stereocenters. The van der Waals surface area contributed by atoms with Crippen molar-refractivity contribution in [3.63, 3.8) is 0 Å². The first-order valence-corrected chi connectivity index (χ1v) is 9.80. The highest BCUT2D eigenvalue weighted by atomic mass is 79.9. The Morgan fingerprint density at radius 2 is 1.76 bits per heavy atom. The van der Waals surface area contributed by atoms with E-state index in [4.69, 9.17) is 22.3 Å². The second-order valence-electron chi connectivity index (χ2n) is 4.82. The molecule has 0 aliphatic heterocycles. The zero-order chi connectivity index (χ0) is 19.1. The van der Waals surface area contributed by atoms with Crippen LogP contribution in [0.15, 0.2) is 27.6 Å². The molecule has 2 aromatic carbocycles. The van der Waals surface area contributed by atoms with Crippen molar-refractivity contribution in [1.82, 2.24) is 0 Å². The SMILES string of the molecule is Cc1c(Br)cc(S(=O)(=O)Cl)c(F)c1C(=O)Nc1cc(F)c(F)c(Cl)c1. The van der Waals surface area contributed by atoms with Crippen LogP contribution in [0.25, 0.3) is 0 Å². The van der Waals surface area contributed by atoms with Gasteiger partial charge in [0.15, 0.2) is 17.5 Å². The molecule has 0 atom stereocenters. The second-order valence-corrected chi connectivity index (χ2v) is 8.61. The first-order chi connectivity index (χ1) is 11.4. The topological polar surface area (TPSA) is 63.2 Å². The van der Waals surface area contributed by atoms with Crippen LogP contribution in [0.2, 0.25) is 5.02 Å². The van der Waals surface area contributed by atoms with Crippen molar-refractivity contribution in [3.8, 4) is 0 Å². The molecule has 25 heavy (non-hydrogen) atoms. The summed E-state index contributed by atoms with van der Waals surface area (Å²) in [4.78, 5) is 11.4. The van der Waals surface area contributed by atoms with E-state index in [1.165, 1.54) is 6.92 Å². The molecule has 0 aliphatic rings. The largest absolute Gasteiger partial charge is 0.322 e. The smallest absolute Gasteiger partial charge is 0.264 e. The van der Waals surface area contributed by atoms with E-state index in [1.54, 1.807) is 0 Å². The van der Waals surface area contributed by atoms with Gasteiger partial charge < -0.3 is 5.32 Å². The summed E-state index contributed by atoms with van der Waals surface area (Å²) in [5.74, 6) is -5.10. The van der Waals surface area contributed by atoms with Gasteiger partial charge in [-0.05, 0) is 24.6 Å². The monoisotopic (exact) mass is 475 g/mol. The minimum Gasteiger partial charge on any atom is -0.322 e. The van der Waals surface area contributed by atoms with E-state index in [0.29, 0.717) is 6.07 Å². The molecule has 0 saturated carbocycles. The van der Waals surface area contributed by atoms with Gasteiger partial charge in [-0.25, -0.2) is 21.6 Å². The maximum Gasteiger partial charge on any atom is 0.264 e. The van der Waals surface area contributed by atoms with Crippen LogP contribution in [0.1, 0.15) is 15.9 Å². The number of benzene rings is 2.